The van der Waals surface area contributed by atoms with Crippen molar-refractivity contribution in [3.63, 3.8) is 0 Å². The van der Waals surface area contributed by atoms with E-state index < -0.39 is 5.91 Å². The molecule has 0 saturated carbocycles. The van der Waals surface area contributed by atoms with Crippen LogP contribution in [-0.4, -0.2) is 31.1 Å². The molecule has 8 heteroatoms. The van der Waals surface area contributed by atoms with Crippen molar-refractivity contribution in [1.29, 1.82) is 0 Å². The van der Waals surface area contributed by atoms with Crippen molar-refractivity contribution >= 4 is 23.1 Å². The van der Waals surface area contributed by atoms with Gasteiger partial charge in [-0.15, -0.1) is 5.10 Å². The van der Waals surface area contributed by atoms with Gasteiger partial charge in [0.1, 0.15) is 17.3 Å². The standard InChI is InChI=1S/C17H19N5O3/c1-11(2)9-14(17-18-13-5-3-4-6-15(13)25-17)22-10-12(19-21-22)7-8-16(23)20-24/h3-8,10-11,14,24H,9H2,1-2H3,(H,20,23)/b8-7+. The fraction of sp³-hybridized carbons (Fsp3) is 0.294. The van der Waals surface area contributed by atoms with Crippen molar-refractivity contribution < 1.29 is 14.4 Å². The van der Waals surface area contributed by atoms with Crippen LogP contribution < -0.4 is 5.48 Å². The molecule has 2 heterocycles. The molecule has 3 rings (SSSR count). The Morgan fingerprint density at radius 3 is 2.92 bits per heavy atom. The van der Waals surface area contributed by atoms with Gasteiger partial charge in [0.25, 0.3) is 5.91 Å². The third kappa shape index (κ3) is 3.92. The van der Waals surface area contributed by atoms with Crippen LogP contribution in [0.15, 0.2) is 41.0 Å². The zero-order chi connectivity index (χ0) is 17.8. The highest BCUT2D eigenvalue weighted by molar-refractivity contribution is 5.90. The van der Waals surface area contributed by atoms with E-state index in [1.165, 1.54) is 17.6 Å². The maximum absolute atomic E-state index is 11.1. The molecule has 1 amide bonds. The Kier molecular flexibility index (Phi) is 4.90. The molecule has 8 nitrogen and oxygen atoms in total. The Balaban J connectivity index is 1.92. The van der Waals surface area contributed by atoms with Gasteiger partial charge in [0.2, 0.25) is 5.89 Å². The highest BCUT2D eigenvalue weighted by Gasteiger charge is 2.22. The van der Waals surface area contributed by atoms with Crippen LogP contribution in [0.2, 0.25) is 0 Å². The number of hydrogen-bond donors (Lipinski definition) is 2. The molecule has 0 aliphatic heterocycles. The predicted octanol–water partition coefficient (Wildman–Crippen LogP) is 2.57. The largest absolute Gasteiger partial charge is 0.438 e. The number of rotatable bonds is 6. The molecular weight excluding hydrogens is 322 g/mol. The number of benzene rings is 1. The molecular formula is C17H19N5O3. The first-order valence-corrected chi connectivity index (χ1v) is 7.96. The molecule has 2 N–H and O–H groups in total. The molecule has 0 bridgehead atoms. The topological polar surface area (TPSA) is 106 Å². The second-order valence-electron chi connectivity index (χ2n) is 6.10. The number of carbonyl (C=O) groups excluding carboxylic acids is 1. The first kappa shape index (κ1) is 16.8. The van der Waals surface area contributed by atoms with Gasteiger partial charge < -0.3 is 4.42 Å². The first-order chi connectivity index (χ1) is 12.1. The van der Waals surface area contributed by atoms with Crippen molar-refractivity contribution in [1.82, 2.24) is 25.5 Å². The van der Waals surface area contributed by atoms with Gasteiger partial charge in [-0.1, -0.05) is 31.2 Å². The summed E-state index contributed by atoms with van der Waals surface area (Å²) in [7, 11) is 0. The summed E-state index contributed by atoms with van der Waals surface area (Å²) in [6.45, 7) is 4.22. The van der Waals surface area contributed by atoms with Crippen LogP contribution in [0.5, 0.6) is 0 Å². The van der Waals surface area contributed by atoms with Crippen molar-refractivity contribution in [2.45, 2.75) is 26.3 Å². The molecule has 0 aliphatic carbocycles. The minimum atomic E-state index is -0.632. The highest BCUT2D eigenvalue weighted by Crippen LogP contribution is 2.27. The second-order valence-corrected chi connectivity index (χ2v) is 6.10. The summed E-state index contributed by atoms with van der Waals surface area (Å²) in [5, 5.41) is 16.7. The van der Waals surface area contributed by atoms with Gasteiger partial charge in [0, 0.05) is 6.08 Å². The van der Waals surface area contributed by atoms with E-state index >= 15 is 0 Å². The average molecular weight is 341 g/mol. The normalized spacial score (nSPS) is 13.0. The monoisotopic (exact) mass is 341 g/mol. The number of hydroxylamine groups is 1. The van der Waals surface area contributed by atoms with Gasteiger partial charge >= 0.3 is 0 Å². The number of nitrogens with zero attached hydrogens (tertiary/aromatic N) is 4. The van der Waals surface area contributed by atoms with E-state index in [-0.39, 0.29) is 6.04 Å². The SMILES string of the molecule is CC(C)CC(c1nc2ccccc2o1)n1cc(/C=C/C(=O)NO)nn1. The summed E-state index contributed by atoms with van der Waals surface area (Å²) in [4.78, 5) is 15.6. The van der Waals surface area contributed by atoms with Gasteiger partial charge in [-0.05, 0) is 30.5 Å². The summed E-state index contributed by atoms with van der Waals surface area (Å²) >= 11 is 0. The van der Waals surface area contributed by atoms with Crippen LogP contribution in [0, 0.1) is 5.92 Å². The molecule has 0 radical (unpaired) electrons. The quantitative estimate of drug-likeness (QED) is 0.405. The molecule has 1 unspecified atom stereocenters. The molecule has 0 saturated heterocycles. The van der Waals surface area contributed by atoms with E-state index in [1.54, 1.807) is 10.9 Å². The summed E-state index contributed by atoms with van der Waals surface area (Å²) in [6.07, 6.45) is 5.12. The van der Waals surface area contributed by atoms with Gasteiger partial charge in [0.05, 0.1) is 6.20 Å². The molecule has 130 valence electrons. The molecule has 3 aromatic rings. The molecule has 2 aromatic heterocycles. The molecule has 0 spiro atoms. The first-order valence-electron chi connectivity index (χ1n) is 7.96. The fourth-order valence-corrected chi connectivity index (χ4v) is 2.52. The number of hydrogen-bond acceptors (Lipinski definition) is 6. The number of amides is 1. The second kappa shape index (κ2) is 7.27. The number of fused-ring (bicyclic) bond motifs is 1. The fourth-order valence-electron chi connectivity index (χ4n) is 2.52. The lowest BCUT2D eigenvalue weighted by Gasteiger charge is -2.15. The smallest absolute Gasteiger partial charge is 0.267 e. The third-order valence-corrected chi connectivity index (χ3v) is 3.65. The van der Waals surface area contributed by atoms with Crippen LogP contribution in [0.4, 0.5) is 0 Å². The van der Waals surface area contributed by atoms with Gasteiger partial charge in [-0.3, -0.25) is 10.0 Å². The maximum atomic E-state index is 11.1. The summed E-state index contributed by atoms with van der Waals surface area (Å²) in [5.41, 5.74) is 3.55. The van der Waals surface area contributed by atoms with Crippen molar-refractivity contribution in [2.75, 3.05) is 0 Å². The molecule has 1 aromatic carbocycles. The molecule has 1 atom stereocenters. The zero-order valence-corrected chi connectivity index (χ0v) is 14.0. The lowest BCUT2D eigenvalue weighted by molar-refractivity contribution is -0.124. The van der Waals surface area contributed by atoms with Crippen LogP contribution in [0.3, 0.4) is 0 Å². The van der Waals surface area contributed by atoms with Crippen molar-refractivity contribution in [3.05, 3.63) is 48.1 Å². The van der Waals surface area contributed by atoms with E-state index in [9.17, 15) is 4.79 Å². The lowest BCUT2D eigenvalue weighted by Crippen LogP contribution is -2.14. The Labute approximate surface area is 144 Å². The maximum Gasteiger partial charge on any atom is 0.267 e. The van der Waals surface area contributed by atoms with Crippen LogP contribution in [-0.2, 0) is 4.79 Å². The number of oxazole rings is 1. The lowest BCUT2D eigenvalue weighted by atomic mass is 10.0. The Morgan fingerprint density at radius 2 is 2.20 bits per heavy atom. The average Bonchev–Trinajstić information content (AvgIpc) is 3.23. The molecule has 0 fully saturated rings. The van der Waals surface area contributed by atoms with E-state index in [0.717, 1.165) is 17.5 Å². The van der Waals surface area contributed by atoms with Gasteiger partial charge in [-0.2, -0.15) is 0 Å². The number of nitrogens with one attached hydrogen (secondary N) is 1. The minimum Gasteiger partial charge on any atom is -0.438 e. The van der Waals surface area contributed by atoms with Gasteiger partial charge in [0.15, 0.2) is 5.58 Å². The van der Waals surface area contributed by atoms with E-state index in [0.29, 0.717) is 17.5 Å². The third-order valence-electron chi connectivity index (χ3n) is 3.65. The summed E-state index contributed by atoms with van der Waals surface area (Å²) in [6, 6.07) is 7.39. The summed E-state index contributed by atoms with van der Waals surface area (Å²) < 4.78 is 7.58. The van der Waals surface area contributed by atoms with Crippen molar-refractivity contribution in [2.24, 2.45) is 5.92 Å². The molecule has 25 heavy (non-hydrogen) atoms. The van der Waals surface area contributed by atoms with Crippen LogP contribution in [0.1, 0.15) is 37.9 Å². The van der Waals surface area contributed by atoms with Crippen LogP contribution >= 0.6 is 0 Å². The van der Waals surface area contributed by atoms with E-state index in [1.807, 2.05) is 24.3 Å². The summed E-state index contributed by atoms with van der Waals surface area (Å²) in [5.74, 6) is 0.332. The Bertz CT molecular complexity index is 863. The molecule has 0 aliphatic rings. The van der Waals surface area contributed by atoms with E-state index in [4.69, 9.17) is 9.62 Å². The Hall–Kier alpha value is -3.00. The number of aromatic nitrogens is 4. The zero-order valence-electron chi connectivity index (χ0n) is 14.0. The van der Waals surface area contributed by atoms with Gasteiger partial charge in [-0.25, -0.2) is 15.1 Å². The number of para-hydroxylation sites is 2. The van der Waals surface area contributed by atoms with E-state index in [2.05, 4.69) is 29.1 Å². The van der Waals surface area contributed by atoms with Crippen LogP contribution in [0.25, 0.3) is 17.2 Å². The highest BCUT2D eigenvalue weighted by atomic mass is 16.5. The van der Waals surface area contributed by atoms with Crippen molar-refractivity contribution in [3.8, 4) is 0 Å². The Morgan fingerprint density at radius 1 is 1.40 bits per heavy atom. The minimum absolute atomic E-state index is 0.200. The predicted molar refractivity (Wildman–Crippen MR) is 90.6 cm³/mol. The number of carbonyl (C=O) groups is 1.